The monoisotopic (exact) mass is 257 g/mol. The van der Waals surface area contributed by atoms with Gasteiger partial charge in [0.05, 0.1) is 14.9 Å². The highest BCUT2D eigenvalue weighted by atomic mass is 35.5. The number of rotatable bonds is 2. The third-order valence-corrected chi connectivity index (χ3v) is 3.60. The molecule has 15 heavy (non-hydrogen) atoms. The van der Waals surface area contributed by atoms with Crippen LogP contribution in [-0.2, 0) is 0 Å². The first-order valence-corrected chi connectivity index (χ1v) is 5.65. The number of thiazole rings is 1. The fraction of sp³-hybridized carbons (Fsp3) is 0. The van der Waals surface area contributed by atoms with Crippen molar-refractivity contribution < 1.29 is 4.79 Å². The lowest BCUT2D eigenvalue weighted by molar-refractivity contribution is 0.112. The van der Waals surface area contributed by atoms with E-state index in [1.807, 2.05) is 6.07 Å². The van der Waals surface area contributed by atoms with Crippen LogP contribution < -0.4 is 0 Å². The molecule has 2 nitrogen and oxygen atoms in total. The lowest BCUT2D eigenvalue weighted by Crippen LogP contribution is -1.78. The average Bonchev–Trinajstić information content (AvgIpc) is 2.70. The van der Waals surface area contributed by atoms with Crippen LogP contribution in [-0.4, -0.2) is 11.3 Å². The maximum atomic E-state index is 10.5. The van der Waals surface area contributed by atoms with E-state index >= 15 is 0 Å². The van der Waals surface area contributed by atoms with E-state index in [-0.39, 0.29) is 0 Å². The Kier molecular flexibility index (Phi) is 3.05. The molecule has 0 saturated carbocycles. The van der Waals surface area contributed by atoms with Crippen LogP contribution in [0.15, 0.2) is 24.4 Å². The predicted molar refractivity (Wildman–Crippen MR) is 63.0 cm³/mol. The van der Waals surface area contributed by atoms with E-state index in [1.54, 1.807) is 12.1 Å². The molecule has 0 aliphatic carbocycles. The molecular formula is C10H5Cl2NOS. The van der Waals surface area contributed by atoms with Crippen molar-refractivity contribution in [1.29, 1.82) is 0 Å². The maximum Gasteiger partial charge on any atom is 0.161 e. The topological polar surface area (TPSA) is 30.0 Å². The van der Waals surface area contributed by atoms with Gasteiger partial charge in [-0.1, -0.05) is 35.3 Å². The van der Waals surface area contributed by atoms with Gasteiger partial charge in [-0.05, 0) is 6.07 Å². The molecule has 0 aliphatic rings. The summed E-state index contributed by atoms with van der Waals surface area (Å²) in [5.74, 6) is 0. The largest absolute Gasteiger partial charge is 0.297 e. The highest BCUT2D eigenvalue weighted by Crippen LogP contribution is 2.34. The van der Waals surface area contributed by atoms with E-state index in [0.29, 0.717) is 19.9 Å². The fourth-order valence-corrected chi connectivity index (χ4v) is 2.34. The molecule has 0 aliphatic heterocycles. The minimum atomic E-state index is 0.464. The van der Waals surface area contributed by atoms with Gasteiger partial charge in [0.15, 0.2) is 6.29 Å². The Morgan fingerprint density at radius 1 is 1.33 bits per heavy atom. The van der Waals surface area contributed by atoms with Crippen molar-refractivity contribution in [1.82, 2.24) is 4.98 Å². The van der Waals surface area contributed by atoms with Crippen molar-refractivity contribution in [2.24, 2.45) is 0 Å². The third-order valence-electron chi connectivity index (χ3n) is 1.82. The van der Waals surface area contributed by atoms with Crippen molar-refractivity contribution in [2.75, 3.05) is 0 Å². The zero-order chi connectivity index (χ0) is 10.8. The van der Waals surface area contributed by atoms with Crippen LogP contribution in [0.1, 0.15) is 9.67 Å². The third kappa shape index (κ3) is 2.04. The molecule has 1 aromatic heterocycles. The molecule has 0 bridgehead atoms. The maximum absolute atomic E-state index is 10.5. The molecule has 0 N–H and O–H groups in total. The molecule has 1 heterocycles. The number of hydrogen-bond acceptors (Lipinski definition) is 3. The summed E-state index contributed by atoms with van der Waals surface area (Å²) in [6, 6.07) is 5.33. The molecule has 1 aromatic carbocycles. The number of halogens is 2. The molecule has 5 heteroatoms. The van der Waals surface area contributed by atoms with Crippen LogP contribution >= 0.6 is 34.5 Å². The zero-order valence-electron chi connectivity index (χ0n) is 7.41. The summed E-state index contributed by atoms with van der Waals surface area (Å²) >= 11 is 13.2. The molecule has 0 amide bonds. The van der Waals surface area contributed by atoms with Crippen molar-refractivity contribution in [3.63, 3.8) is 0 Å². The Bertz CT molecular complexity index is 510. The number of hydrogen-bond donors (Lipinski definition) is 0. The molecule has 0 fully saturated rings. The van der Waals surface area contributed by atoms with Gasteiger partial charge < -0.3 is 0 Å². The van der Waals surface area contributed by atoms with Crippen LogP contribution in [0, 0.1) is 0 Å². The molecular weight excluding hydrogens is 253 g/mol. The Labute approximate surface area is 100 Å². The number of carbonyl (C=O) groups is 1. The Hall–Kier alpha value is -0.900. The molecule has 2 rings (SSSR count). The summed E-state index contributed by atoms with van der Waals surface area (Å²) in [5.41, 5.74) is 0.752. The van der Waals surface area contributed by atoms with E-state index in [1.165, 1.54) is 17.5 Å². The second-order valence-corrected chi connectivity index (χ2v) is 4.63. The van der Waals surface area contributed by atoms with Gasteiger partial charge in [-0.25, -0.2) is 4.98 Å². The van der Waals surface area contributed by atoms with Gasteiger partial charge in [0.25, 0.3) is 0 Å². The molecule has 0 spiro atoms. The van der Waals surface area contributed by atoms with Crippen LogP contribution in [0.2, 0.25) is 10.0 Å². The second kappa shape index (κ2) is 4.31. The summed E-state index contributed by atoms with van der Waals surface area (Å²) < 4.78 is 0. The van der Waals surface area contributed by atoms with Crippen LogP contribution in [0.25, 0.3) is 10.6 Å². The number of nitrogens with zero attached hydrogens (tertiary/aromatic N) is 1. The molecule has 0 saturated heterocycles. The van der Waals surface area contributed by atoms with E-state index in [0.717, 1.165) is 11.8 Å². The average molecular weight is 258 g/mol. The van der Waals surface area contributed by atoms with Gasteiger partial charge in [0, 0.05) is 11.8 Å². The lowest BCUT2D eigenvalue weighted by atomic mass is 10.2. The highest BCUT2D eigenvalue weighted by molar-refractivity contribution is 7.16. The van der Waals surface area contributed by atoms with Gasteiger partial charge in [0.1, 0.15) is 5.01 Å². The zero-order valence-corrected chi connectivity index (χ0v) is 9.73. The van der Waals surface area contributed by atoms with Gasteiger partial charge >= 0.3 is 0 Å². The number of aromatic nitrogens is 1. The van der Waals surface area contributed by atoms with E-state index in [2.05, 4.69) is 4.98 Å². The fourth-order valence-electron chi connectivity index (χ4n) is 1.13. The van der Waals surface area contributed by atoms with Crippen molar-refractivity contribution >= 4 is 40.8 Å². The molecule has 0 unspecified atom stereocenters. The summed E-state index contributed by atoms with van der Waals surface area (Å²) in [4.78, 5) is 15.2. The quantitative estimate of drug-likeness (QED) is 0.764. The van der Waals surface area contributed by atoms with Crippen molar-refractivity contribution in [3.05, 3.63) is 39.3 Å². The Morgan fingerprint density at radius 2 is 2.13 bits per heavy atom. The summed E-state index contributed by atoms with van der Waals surface area (Å²) in [5, 5.41) is 1.65. The molecule has 2 aromatic rings. The first-order valence-electron chi connectivity index (χ1n) is 4.08. The van der Waals surface area contributed by atoms with Crippen LogP contribution in [0.5, 0.6) is 0 Å². The van der Waals surface area contributed by atoms with Crippen LogP contribution in [0.3, 0.4) is 0 Å². The molecule has 0 atom stereocenters. The summed E-state index contributed by atoms with van der Waals surface area (Å²) in [6.45, 7) is 0. The first kappa shape index (κ1) is 10.6. The van der Waals surface area contributed by atoms with Crippen molar-refractivity contribution in [3.8, 4) is 10.6 Å². The highest BCUT2D eigenvalue weighted by Gasteiger charge is 2.10. The standard InChI is InChI=1S/C10H5Cl2NOS/c11-8-3-1-2-7(9(8)12)10-13-4-6(5-14)15-10/h1-5H. The smallest absolute Gasteiger partial charge is 0.161 e. The molecule has 76 valence electrons. The number of aldehydes is 1. The van der Waals surface area contributed by atoms with E-state index < -0.39 is 0 Å². The van der Waals surface area contributed by atoms with Gasteiger partial charge in [-0.15, -0.1) is 11.3 Å². The van der Waals surface area contributed by atoms with Gasteiger partial charge in [-0.2, -0.15) is 0 Å². The predicted octanol–water partition coefficient (Wildman–Crippen LogP) is 3.93. The van der Waals surface area contributed by atoms with E-state index in [4.69, 9.17) is 23.2 Å². The lowest BCUT2D eigenvalue weighted by Gasteiger charge is -2.00. The Balaban J connectivity index is 2.53. The minimum absolute atomic E-state index is 0.464. The van der Waals surface area contributed by atoms with E-state index in [9.17, 15) is 4.79 Å². The normalized spacial score (nSPS) is 10.3. The second-order valence-electron chi connectivity index (χ2n) is 2.79. The summed E-state index contributed by atoms with van der Waals surface area (Å²) in [6.07, 6.45) is 2.28. The van der Waals surface area contributed by atoms with Crippen molar-refractivity contribution in [2.45, 2.75) is 0 Å². The van der Waals surface area contributed by atoms with Gasteiger partial charge in [0.2, 0.25) is 0 Å². The number of benzene rings is 1. The minimum Gasteiger partial charge on any atom is -0.297 e. The Morgan fingerprint density at radius 3 is 2.80 bits per heavy atom. The van der Waals surface area contributed by atoms with Gasteiger partial charge in [-0.3, -0.25) is 4.79 Å². The summed E-state index contributed by atoms with van der Waals surface area (Å²) in [7, 11) is 0. The van der Waals surface area contributed by atoms with Crippen LogP contribution in [0.4, 0.5) is 0 Å². The molecule has 0 radical (unpaired) electrons. The number of carbonyl (C=O) groups excluding carboxylic acids is 1. The SMILES string of the molecule is O=Cc1cnc(-c2cccc(Cl)c2Cl)s1. The first-order chi connectivity index (χ1) is 7.22.